The summed E-state index contributed by atoms with van der Waals surface area (Å²) in [7, 11) is 3.08. The Hall–Kier alpha value is -5.06. The third kappa shape index (κ3) is 5.65. The number of halogens is 1. The second-order valence-electron chi connectivity index (χ2n) is 9.13. The van der Waals surface area contributed by atoms with Gasteiger partial charge in [-0.15, -0.1) is 0 Å². The number of anilines is 2. The molecule has 0 spiro atoms. The lowest BCUT2D eigenvalue weighted by atomic mass is 9.94. The minimum atomic E-state index is -0.648. The molecule has 2 N–H and O–H groups in total. The van der Waals surface area contributed by atoms with Gasteiger partial charge in [0, 0.05) is 17.3 Å². The van der Waals surface area contributed by atoms with Crippen LogP contribution in [0, 0.1) is 5.82 Å². The van der Waals surface area contributed by atoms with Gasteiger partial charge in [0.1, 0.15) is 36.3 Å². The fourth-order valence-electron chi connectivity index (χ4n) is 4.65. The highest BCUT2D eigenvalue weighted by atomic mass is 19.1. The molecule has 1 aliphatic heterocycles. The molecule has 212 valence electrons. The van der Waals surface area contributed by atoms with Gasteiger partial charge in [0.15, 0.2) is 11.5 Å². The van der Waals surface area contributed by atoms with E-state index in [-0.39, 0.29) is 18.3 Å². The molecule has 1 aliphatic rings. The second kappa shape index (κ2) is 12.0. The number of hydrogen-bond donors (Lipinski definition) is 2. The van der Waals surface area contributed by atoms with Crippen LogP contribution in [0.3, 0.4) is 0 Å². The molecule has 2 heterocycles. The zero-order chi connectivity index (χ0) is 28.9. The maximum atomic E-state index is 14.2. The summed E-state index contributed by atoms with van der Waals surface area (Å²) < 4.78 is 38.4. The lowest BCUT2D eigenvalue weighted by Gasteiger charge is -2.29. The Morgan fingerprint density at radius 2 is 1.83 bits per heavy atom. The summed E-state index contributed by atoms with van der Waals surface area (Å²) in [5.41, 5.74) is 2.60. The van der Waals surface area contributed by atoms with Crippen molar-refractivity contribution in [3.63, 3.8) is 0 Å². The number of ether oxygens (including phenoxy) is 4. The minimum absolute atomic E-state index is 0.0295. The van der Waals surface area contributed by atoms with Crippen LogP contribution in [0.5, 0.6) is 23.0 Å². The number of fused-ring (bicyclic) bond motifs is 1. The van der Waals surface area contributed by atoms with Gasteiger partial charge in [0.05, 0.1) is 32.1 Å². The van der Waals surface area contributed by atoms with E-state index in [2.05, 4.69) is 20.7 Å². The predicted octanol–water partition coefficient (Wildman–Crippen LogP) is 5.34. The number of nitrogens with one attached hydrogen (secondary N) is 2. The SMILES string of the molecule is CCOc1cc(C2C(C(=O)Nc3cc(OC)ccc3OC)=C(C)Nc3ncnn32)ccc1OCc1ccccc1F. The second-order valence-corrected chi connectivity index (χ2v) is 9.13. The number of benzene rings is 3. The van der Waals surface area contributed by atoms with E-state index in [4.69, 9.17) is 18.9 Å². The quantitative estimate of drug-likeness (QED) is 0.268. The third-order valence-corrected chi connectivity index (χ3v) is 6.62. The van der Waals surface area contributed by atoms with Gasteiger partial charge in [0.2, 0.25) is 5.95 Å². The lowest BCUT2D eigenvalue weighted by Crippen LogP contribution is -2.31. The Balaban J connectivity index is 1.51. The molecule has 4 aromatic rings. The maximum Gasteiger partial charge on any atom is 0.255 e. The van der Waals surface area contributed by atoms with Crippen LogP contribution < -0.4 is 29.6 Å². The molecule has 0 aliphatic carbocycles. The molecule has 0 radical (unpaired) electrons. The van der Waals surface area contributed by atoms with Crippen molar-refractivity contribution in [3.8, 4) is 23.0 Å². The van der Waals surface area contributed by atoms with E-state index >= 15 is 0 Å². The van der Waals surface area contributed by atoms with Crippen LogP contribution in [0.25, 0.3) is 0 Å². The van der Waals surface area contributed by atoms with Crippen molar-refractivity contribution in [2.45, 2.75) is 26.5 Å². The van der Waals surface area contributed by atoms with Crippen LogP contribution >= 0.6 is 0 Å². The van der Waals surface area contributed by atoms with Crippen molar-refractivity contribution < 1.29 is 28.1 Å². The molecule has 1 unspecified atom stereocenters. The Labute approximate surface area is 236 Å². The summed E-state index contributed by atoms with van der Waals surface area (Å²) in [6.07, 6.45) is 1.42. The lowest BCUT2D eigenvalue weighted by molar-refractivity contribution is -0.113. The van der Waals surface area contributed by atoms with Gasteiger partial charge in [0.25, 0.3) is 5.91 Å². The summed E-state index contributed by atoms with van der Waals surface area (Å²) in [6, 6.07) is 16.3. The van der Waals surface area contributed by atoms with E-state index < -0.39 is 6.04 Å². The Bertz CT molecular complexity index is 1600. The predicted molar refractivity (Wildman–Crippen MR) is 151 cm³/mol. The number of carbonyl (C=O) groups is 1. The molecule has 41 heavy (non-hydrogen) atoms. The molecule has 5 rings (SSSR count). The van der Waals surface area contributed by atoms with Crippen LogP contribution in [0.4, 0.5) is 16.0 Å². The van der Waals surface area contributed by atoms with Crippen molar-refractivity contribution >= 4 is 17.5 Å². The largest absolute Gasteiger partial charge is 0.497 e. The monoisotopic (exact) mass is 559 g/mol. The molecule has 11 heteroatoms. The van der Waals surface area contributed by atoms with E-state index in [9.17, 15) is 9.18 Å². The van der Waals surface area contributed by atoms with Crippen molar-refractivity contribution in [1.82, 2.24) is 14.8 Å². The van der Waals surface area contributed by atoms with Crippen LogP contribution in [0.2, 0.25) is 0 Å². The van der Waals surface area contributed by atoms with Crippen molar-refractivity contribution in [2.24, 2.45) is 0 Å². The Kier molecular flexibility index (Phi) is 8.04. The number of allylic oxidation sites excluding steroid dienone is 1. The molecule has 0 bridgehead atoms. The standard InChI is InChI=1S/C30H30FN5O5/c1-5-40-26-14-19(10-12-25(26)41-16-20-8-6-7-9-22(20)31)28-27(18(2)34-30-32-17-33-36(28)30)29(37)35-23-15-21(38-3)11-13-24(23)39-4/h6-15,17,28H,5,16H2,1-4H3,(H,35,37)(H,32,33,34). The number of amides is 1. The molecular weight excluding hydrogens is 529 g/mol. The van der Waals surface area contributed by atoms with Crippen molar-refractivity contribution in [2.75, 3.05) is 31.5 Å². The van der Waals surface area contributed by atoms with E-state index in [1.807, 2.05) is 13.0 Å². The fraction of sp³-hybridized carbons (Fsp3) is 0.233. The summed E-state index contributed by atoms with van der Waals surface area (Å²) >= 11 is 0. The minimum Gasteiger partial charge on any atom is -0.497 e. The number of hydrogen-bond acceptors (Lipinski definition) is 8. The summed E-state index contributed by atoms with van der Waals surface area (Å²) in [5, 5.41) is 10.5. The van der Waals surface area contributed by atoms with Crippen LogP contribution in [0.15, 0.2) is 78.3 Å². The highest BCUT2D eigenvalue weighted by molar-refractivity contribution is 6.06. The van der Waals surface area contributed by atoms with Crippen LogP contribution in [-0.2, 0) is 11.4 Å². The first-order valence-electron chi connectivity index (χ1n) is 13.0. The van der Waals surface area contributed by atoms with E-state index in [0.29, 0.717) is 63.6 Å². The molecule has 0 saturated carbocycles. The first kappa shape index (κ1) is 27.5. The van der Waals surface area contributed by atoms with Gasteiger partial charge in [-0.25, -0.2) is 9.07 Å². The molecule has 10 nitrogen and oxygen atoms in total. The van der Waals surface area contributed by atoms with Crippen LogP contribution in [-0.4, -0.2) is 41.5 Å². The first-order valence-corrected chi connectivity index (χ1v) is 13.0. The number of nitrogens with zero attached hydrogens (tertiary/aromatic N) is 3. The molecule has 0 saturated heterocycles. The maximum absolute atomic E-state index is 14.2. The molecule has 1 amide bonds. The third-order valence-electron chi connectivity index (χ3n) is 6.62. The summed E-state index contributed by atoms with van der Waals surface area (Å²) in [6.45, 7) is 4.07. The number of methoxy groups -OCH3 is 2. The van der Waals surface area contributed by atoms with E-state index in [0.717, 1.165) is 0 Å². The number of rotatable bonds is 10. The van der Waals surface area contributed by atoms with Gasteiger partial charge >= 0.3 is 0 Å². The summed E-state index contributed by atoms with van der Waals surface area (Å²) in [5.74, 6) is 1.71. The van der Waals surface area contributed by atoms with Gasteiger partial charge in [-0.2, -0.15) is 10.1 Å². The van der Waals surface area contributed by atoms with Gasteiger partial charge in [-0.05, 0) is 49.7 Å². The van der Waals surface area contributed by atoms with Gasteiger partial charge < -0.3 is 29.6 Å². The van der Waals surface area contributed by atoms with Crippen molar-refractivity contribution in [1.29, 1.82) is 0 Å². The first-order chi connectivity index (χ1) is 19.9. The Morgan fingerprint density at radius 1 is 1.02 bits per heavy atom. The highest BCUT2D eigenvalue weighted by Gasteiger charge is 2.34. The van der Waals surface area contributed by atoms with Gasteiger partial charge in [-0.1, -0.05) is 24.3 Å². The number of carbonyl (C=O) groups excluding carboxylic acids is 1. The zero-order valence-electron chi connectivity index (χ0n) is 23.1. The highest BCUT2D eigenvalue weighted by Crippen LogP contribution is 2.40. The molecule has 1 aromatic heterocycles. The van der Waals surface area contributed by atoms with Crippen molar-refractivity contribution in [3.05, 3.63) is 95.2 Å². The zero-order valence-corrected chi connectivity index (χ0v) is 23.1. The van der Waals surface area contributed by atoms with E-state index in [1.165, 1.54) is 19.5 Å². The molecule has 0 fully saturated rings. The molecule has 3 aromatic carbocycles. The van der Waals surface area contributed by atoms with Crippen LogP contribution in [0.1, 0.15) is 31.0 Å². The van der Waals surface area contributed by atoms with Gasteiger partial charge in [-0.3, -0.25) is 4.79 Å². The normalized spacial score (nSPS) is 14.1. The smallest absolute Gasteiger partial charge is 0.255 e. The number of aromatic nitrogens is 3. The van der Waals surface area contributed by atoms with E-state index in [1.54, 1.807) is 67.2 Å². The average molecular weight is 560 g/mol. The fourth-order valence-corrected chi connectivity index (χ4v) is 4.65. The summed E-state index contributed by atoms with van der Waals surface area (Å²) in [4.78, 5) is 18.2. The molecule has 1 atom stereocenters. The Morgan fingerprint density at radius 3 is 2.59 bits per heavy atom. The topological polar surface area (TPSA) is 109 Å². The molecular formula is C30H30FN5O5. The average Bonchev–Trinajstić information content (AvgIpc) is 3.44.